The molecule has 1 unspecified atom stereocenters. The van der Waals surface area contributed by atoms with Crippen molar-refractivity contribution < 1.29 is 35.9 Å². The van der Waals surface area contributed by atoms with Gasteiger partial charge < -0.3 is 10.6 Å². The van der Waals surface area contributed by atoms with Crippen molar-refractivity contribution in [1.82, 2.24) is 16.0 Å². The van der Waals surface area contributed by atoms with Crippen molar-refractivity contribution in [3.63, 3.8) is 0 Å². The summed E-state index contributed by atoms with van der Waals surface area (Å²) in [5, 5.41) is 16.5. The molecule has 232 valence electrons. The van der Waals surface area contributed by atoms with Crippen LogP contribution in [0.2, 0.25) is 0 Å². The van der Waals surface area contributed by atoms with Gasteiger partial charge in [0.05, 0.1) is 23.6 Å². The predicted octanol–water partition coefficient (Wildman–Crippen LogP) is 6.03. The number of hydrogen-bond donors (Lipinski definition) is 3. The molecule has 0 spiro atoms. The fourth-order valence-electron chi connectivity index (χ4n) is 5.01. The second-order valence-corrected chi connectivity index (χ2v) is 12.2. The molecule has 0 radical (unpaired) electrons. The van der Waals surface area contributed by atoms with Gasteiger partial charge in [0.25, 0.3) is 6.43 Å². The molecule has 2 amide bonds. The minimum Gasteiger partial charge on any atom is -0.344 e. The molecular weight excluding hydrogens is 574 g/mol. The third-order valence-corrected chi connectivity index (χ3v) is 8.03. The van der Waals surface area contributed by atoms with Crippen molar-refractivity contribution in [3.8, 4) is 17.2 Å². The van der Waals surface area contributed by atoms with Crippen LogP contribution in [-0.4, -0.2) is 47.7 Å². The zero-order valence-electron chi connectivity index (χ0n) is 24.0. The quantitative estimate of drug-likeness (QED) is 0.257. The molecule has 3 atom stereocenters. The number of nitriles is 1. The number of amides is 2. The zero-order chi connectivity index (χ0) is 31.8. The van der Waals surface area contributed by atoms with Crippen LogP contribution in [0.15, 0.2) is 48.5 Å². The van der Waals surface area contributed by atoms with Gasteiger partial charge in [0.2, 0.25) is 11.8 Å². The molecule has 2 aliphatic rings. The van der Waals surface area contributed by atoms with E-state index in [-0.39, 0.29) is 12.0 Å². The van der Waals surface area contributed by atoms with Gasteiger partial charge in [-0.15, -0.1) is 0 Å². The van der Waals surface area contributed by atoms with Gasteiger partial charge in [0.15, 0.2) is 0 Å². The van der Waals surface area contributed by atoms with E-state index in [4.69, 9.17) is 0 Å². The molecule has 2 fully saturated rings. The first kappa shape index (κ1) is 32.3. The van der Waals surface area contributed by atoms with Gasteiger partial charge in [0, 0.05) is 6.42 Å². The maximum Gasteiger partial charge on any atom is 0.408 e. The third-order valence-electron chi connectivity index (χ3n) is 8.03. The molecule has 2 aromatic rings. The highest BCUT2D eigenvalue weighted by Crippen LogP contribution is 2.49. The fourth-order valence-corrected chi connectivity index (χ4v) is 5.01. The molecule has 3 N–H and O–H groups in total. The summed E-state index contributed by atoms with van der Waals surface area (Å²) < 4.78 is 81.7. The molecule has 12 heteroatoms. The largest absolute Gasteiger partial charge is 0.408 e. The molecule has 0 bridgehead atoms. The number of nitrogens with one attached hydrogen (secondary N) is 3. The monoisotopic (exact) mass is 608 g/mol. The van der Waals surface area contributed by atoms with E-state index >= 15 is 0 Å². The Hall–Kier alpha value is -3.59. The molecule has 4 rings (SSSR count). The number of rotatable bonds is 12. The number of halogens is 6. The first-order valence-electron chi connectivity index (χ1n) is 14.0. The van der Waals surface area contributed by atoms with Gasteiger partial charge in [-0.1, -0.05) is 48.5 Å². The standard InChI is InChI=1S/C31H34F6N4O2/c1-18(31(35,36)37)39-27(43)30(14-15-30)22-10-8-20(9-11-22)19-4-6-21(7-5-19)24(25(32)33)40-23(16-28(2,3)34)26(42)41-29(17-38)12-13-29/h4-11,18,23-25,40H,12-16H2,1-3H3,(H,39,43)(H,41,42)/t18?,23-,24-/m0/s1. The lowest BCUT2D eigenvalue weighted by atomic mass is 9.92. The van der Waals surface area contributed by atoms with Crippen LogP contribution in [0.25, 0.3) is 11.1 Å². The van der Waals surface area contributed by atoms with E-state index in [9.17, 15) is 41.2 Å². The number of hydrogen-bond acceptors (Lipinski definition) is 4. The van der Waals surface area contributed by atoms with Crippen molar-refractivity contribution in [2.24, 2.45) is 0 Å². The van der Waals surface area contributed by atoms with Gasteiger partial charge in [0.1, 0.15) is 17.2 Å². The van der Waals surface area contributed by atoms with Crippen molar-refractivity contribution in [2.75, 3.05) is 0 Å². The molecule has 2 saturated carbocycles. The Morgan fingerprint density at radius 1 is 0.930 bits per heavy atom. The first-order valence-corrected chi connectivity index (χ1v) is 14.0. The Labute approximate surface area is 246 Å². The van der Waals surface area contributed by atoms with Gasteiger partial charge in [-0.3, -0.25) is 14.9 Å². The summed E-state index contributed by atoms with van der Waals surface area (Å²) in [4.78, 5) is 25.5. The number of nitrogens with zero attached hydrogens (tertiary/aromatic N) is 1. The van der Waals surface area contributed by atoms with Gasteiger partial charge in [-0.2, -0.15) is 18.4 Å². The van der Waals surface area contributed by atoms with Crippen LogP contribution >= 0.6 is 0 Å². The Bertz CT molecular complexity index is 1360. The molecule has 6 nitrogen and oxygen atoms in total. The smallest absolute Gasteiger partial charge is 0.344 e. The van der Waals surface area contributed by atoms with E-state index in [1.807, 2.05) is 6.07 Å². The SMILES string of the molecule is CC(NC(=O)C1(c2ccc(-c3ccc([C@H](N[C@@H](CC(C)(C)F)C(=O)NC4(C#N)CC4)C(F)F)cc3)cc2)CC1)C(F)(F)F. The Morgan fingerprint density at radius 2 is 1.47 bits per heavy atom. The molecule has 43 heavy (non-hydrogen) atoms. The highest BCUT2D eigenvalue weighted by molar-refractivity contribution is 5.91. The van der Waals surface area contributed by atoms with Crippen LogP contribution in [0.3, 0.4) is 0 Å². The van der Waals surface area contributed by atoms with Crippen LogP contribution in [0.1, 0.15) is 70.0 Å². The van der Waals surface area contributed by atoms with Crippen molar-refractivity contribution >= 4 is 11.8 Å². The molecule has 2 aliphatic carbocycles. The maximum absolute atomic E-state index is 14.5. The number of benzene rings is 2. The van der Waals surface area contributed by atoms with Gasteiger partial charge >= 0.3 is 6.18 Å². The summed E-state index contributed by atoms with van der Waals surface area (Å²) in [5.74, 6) is -1.40. The van der Waals surface area contributed by atoms with Crippen LogP contribution in [-0.2, 0) is 15.0 Å². The summed E-state index contributed by atoms with van der Waals surface area (Å²) >= 11 is 0. The van der Waals surface area contributed by atoms with E-state index in [1.54, 1.807) is 36.4 Å². The van der Waals surface area contributed by atoms with Crippen molar-refractivity contribution in [2.45, 2.75) is 100 Å². The summed E-state index contributed by atoms with van der Waals surface area (Å²) in [7, 11) is 0. The normalized spacial score (nSPS) is 19.1. The second-order valence-electron chi connectivity index (χ2n) is 12.2. The van der Waals surface area contributed by atoms with E-state index in [0.717, 1.165) is 6.92 Å². The Morgan fingerprint density at radius 3 is 1.88 bits per heavy atom. The van der Waals surface area contributed by atoms with Gasteiger partial charge in [-0.05, 0) is 68.7 Å². The van der Waals surface area contributed by atoms with Gasteiger partial charge in [-0.25, -0.2) is 13.2 Å². The minimum atomic E-state index is -4.55. The van der Waals surface area contributed by atoms with Crippen LogP contribution < -0.4 is 16.0 Å². The Kier molecular flexibility index (Phi) is 8.89. The topological polar surface area (TPSA) is 94.0 Å². The lowest BCUT2D eigenvalue weighted by Crippen LogP contribution is -2.52. The predicted molar refractivity (Wildman–Crippen MR) is 148 cm³/mol. The lowest BCUT2D eigenvalue weighted by Gasteiger charge is -2.29. The highest BCUT2D eigenvalue weighted by atomic mass is 19.4. The molecule has 0 saturated heterocycles. The molecule has 0 aliphatic heterocycles. The van der Waals surface area contributed by atoms with E-state index in [0.29, 0.717) is 42.4 Å². The van der Waals surface area contributed by atoms with Crippen LogP contribution in [0.5, 0.6) is 0 Å². The minimum absolute atomic E-state index is 0.165. The molecular formula is C31H34F6N4O2. The van der Waals surface area contributed by atoms with Crippen molar-refractivity contribution in [1.29, 1.82) is 5.26 Å². The van der Waals surface area contributed by atoms with Crippen molar-refractivity contribution in [3.05, 3.63) is 59.7 Å². The van der Waals surface area contributed by atoms with E-state index in [2.05, 4.69) is 16.0 Å². The average molecular weight is 609 g/mol. The third kappa shape index (κ3) is 7.68. The second kappa shape index (κ2) is 11.8. The molecule has 2 aromatic carbocycles. The molecule has 0 aromatic heterocycles. The molecule has 0 heterocycles. The highest BCUT2D eigenvalue weighted by Gasteiger charge is 2.53. The first-order chi connectivity index (χ1) is 20.0. The summed E-state index contributed by atoms with van der Waals surface area (Å²) in [6.45, 7) is 3.37. The average Bonchev–Trinajstić information content (AvgIpc) is 3.86. The summed E-state index contributed by atoms with van der Waals surface area (Å²) in [5.41, 5.74) is -1.80. The lowest BCUT2D eigenvalue weighted by molar-refractivity contribution is -0.158. The maximum atomic E-state index is 14.5. The number of alkyl halides is 6. The summed E-state index contributed by atoms with van der Waals surface area (Å²) in [6.07, 6.45) is -6.14. The zero-order valence-corrected chi connectivity index (χ0v) is 24.0. The number of carbonyl (C=O) groups is 2. The van der Waals surface area contributed by atoms with Crippen LogP contribution in [0.4, 0.5) is 26.3 Å². The Balaban J connectivity index is 1.48. The van der Waals surface area contributed by atoms with E-state index in [1.165, 1.54) is 26.0 Å². The number of carbonyl (C=O) groups excluding carboxylic acids is 2. The van der Waals surface area contributed by atoms with Crippen LogP contribution in [0, 0.1) is 11.3 Å². The summed E-state index contributed by atoms with van der Waals surface area (Å²) in [6, 6.07) is 10.0. The fraction of sp³-hybridized carbons (Fsp3) is 0.516. The van der Waals surface area contributed by atoms with E-state index < -0.39 is 59.2 Å².